The van der Waals surface area contributed by atoms with Crippen molar-refractivity contribution in [2.24, 2.45) is 5.73 Å². The number of esters is 1. The molecule has 0 saturated heterocycles. The second-order valence-corrected chi connectivity index (χ2v) is 7.46. The first kappa shape index (κ1) is 19.0. The maximum Gasteiger partial charge on any atom is 0.360 e. The SMILES string of the molecule is CCOC(=O)c1ncsc1NS(=O)(=O)c1ccc(CC(=O)CN)cc1. The smallest absolute Gasteiger partial charge is 0.360 e. The fourth-order valence-corrected chi connectivity index (χ4v) is 3.92. The minimum atomic E-state index is -3.90. The van der Waals surface area contributed by atoms with E-state index < -0.39 is 16.0 Å². The number of Topliss-reactive ketones (excluding diaryl/α,β-unsaturated/α-hetero) is 1. The Morgan fingerprint density at radius 2 is 1.96 bits per heavy atom. The third kappa shape index (κ3) is 4.84. The zero-order valence-electron chi connectivity index (χ0n) is 13.4. The average molecular weight is 383 g/mol. The van der Waals surface area contributed by atoms with Gasteiger partial charge in [-0.25, -0.2) is 18.2 Å². The summed E-state index contributed by atoms with van der Waals surface area (Å²) in [5, 5.41) is 0.0841. The zero-order chi connectivity index (χ0) is 18.4. The Bertz CT molecular complexity index is 860. The minimum absolute atomic E-state index is 0.000318. The summed E-state index contributed by atoms with van der Waals surface area (Å²) in [4.78, 5) is 26.9. The molecule has 2 aromatic rings. The number of ether oxygens (including phenoxy) is 1. The Labute approximate surface area is 149 Å². The van der Waals surface area contributed by atoms with Gasteiger partial charge in [0.25, 0.3) is 10.0 Å². The van der Waals surface area contributed by atoms with Crippen LogP contribution in [0.1, 0.15) is 23.0 Å². The summed E-state index contributed by atoms with van der Waals surface area (Å²) in [5.41, 5.74) is 7.19. The van der Waals surface area contributed by atoms with Crippen molar-refractivity contribution in [2.45, 2.75) is 18.2 Å². The maximum absolute atomic E-state index is 12.5. The number of ketones is 1. The average Bonchev–Trinajstić information content (AvgIpc) is 3.03. The van der Waals surface area contributed by atoms with E-state index in [4.69, 9.17) is 10.5 Å². The van der Waals surface area contributed by atoms with Crippen molar-refractivity contribution >= 4 is 38.1 Å². The third-order valence-electron chi connectivity index (χ3n) is 3.13. The van der Waals surface area contributed by atoms with E-state index in [1.165, 1.54) is 17.6 Å². The van der Waals surface area contributed by atoms with Crippen LogP contribution in [-0.2, 0) is 26.0 Å². The van der Waals surface area contributed by atoms with E-state index in [9.17, 15) is 18.0 Å². The number of nitrogens with one attached hydrogen (secondary N) is 1. The number of benzene rings is 1. The predicted octanol–water partition coefficient (Wildman–Crippen LogP) is 1.19. The summed E-state index contributed by atoms with van der Waals surface area (Å²) in [7, 11) is -3.90. The molecule has 0 aliphatic rings. The maximum atomic E-state index is 12.5. The Morgan fingerprint density at radius 3 is 2.56 bits per heavy atom. The number of nitrogens with zero attached hydrogens (tertiary/aromatic N) is 1. The van der Waals surface area contributed by atoms with Gasteiger partial charge in [0.15, 0.2) is 11.5 Å². The molecule has 0 aliphatic heterocycles. The van der Waals surface area contributed by atoms with Crippen LogP contribution in [0.3, 0.4) is 0 Å². The van der Waals surface area contributed by atoms with Crippen LogP contribution in [-0.4, -0.2) is 38.3 Å². The van der Waals surface area contributed by atoms with Crippen LogP contribution in [0.2, 0.25) is 0 Å². The van der Waals surface area contributed by atoms with E-state index in [-0.39, 0.29) is 40.9 Å². The predicted molar refractivity (Wildman–Crippen MR) is 93.1 cm³/mol. The lowest BCUT2D eigenvalue weighted by molar-refractivity contribution is -0.117. The molecule has 10 heteroatoms. The highest BCUT2D eigenvalue weighted by atomic mass is 32.2. The number of carbonyl (C=O) groups is 2. The number of rotatable bonds is 8. The van der Waals surface area contributed by atoms with Crippen LogP contribution >= 0.6 is 11.3 Å². The van der Waals surface area contributed by atoms with Gasteiger partial charge in [-0.3, -0.25) is 9.52 Å². The number of hydrogen-bond acceptors (Lipinski definition) is 8. The van der Waals surface area contributed by atoms with Gasteiger partial charge in [0.2, 0.25) is 0 Å². The molecule has 0 spiro atoms. The number of thiazole rings is 1. The monoisotopic (exact) mass is 383 g/mol. The van der Waals surface area contributed by atoms with Gasteiger partial charge < -0.3 is 10.5 Å². The fraction of sp³-hybridized carbons (Fsp3) is 0.267. The molecule has 0 amide bonds. The number of anilines is 1. The van der Waals surface area contributed by atoms with Gasteiger partial charge in [0.05, 0.1) is 23.6 Å². The molecule has 0 unspecified atom stereocenters. The summed E-state index contributed by atoms with van der Waals surface area (Å²) < 4.78 is 32.1. The summed E-state index contributed by atoms with van der Waals surface area (Å²) >= 11 is 0.979. The molecule has 0 fully saturated rings. The number of sulfonamides is 1. The number of aromatic nitrogens is 1. The van der Waals surface area contributed by atoms with Crippen molar-refractivity contribution in [3.8, 4) is 0 Å². The van der Waals surface area contributed by atoms with E-state index >= 15 is 0 Å². The van der Waals surface area contributed by atoms with Crippen molar-refractivity contribution in [3.05, 3.63) is 41.0 Å². The van der Waals surface area contributed by atoms with Crippen LogP contribution in [0.4, 0.5) is 5.00 Å². The highest BCUT2D eigenvalue weighted by molar-refractivity contribution is 7.93. The van der Waals surface area contributed by atoms with Crippen LogP contribution in [0.5, 0.6) is 0 Å². The highest BCUT2D eigenvalue weighted by Crippen LogP contribution is 2.25. The van der Waals surface area contributed by atoms with Crippen molar-refractivity contribution in [2.75, 3.05) is 17.9 Å². The summed E-state index contributed by atoms with van der Waals surface area (Å²) in [5.74, 6) is -0.838. The lowest BCUT2D eigenvalue weighted by atomic mass is 10.1. The number of hydrogen-bond donors (Lipinski definition) is 2. The molecule has 3 N–H and O–H groups in total. The molecule has 134 valence electrons. The van der Waals surface area contributed by atoms with Gasteiger partial charge in [-0.05, 0) is 24.6 Å². The molecular weight excluding hydrogens is 366 g/mol. The molecular formula is C15H17N3O5S2. The molecule has 8 nitrogen and oxygen atoms in total. The van der Waals surface area contributed by atoms with Gasteiger partial charge in [-0.2, -0.15) is 0 Å². The first-order valence-electron chi connectivity index (χ1n) is 7.31. The Kier molecular flexibility index (Phi) is 6.23. The van der Waals surface area contributed by atoms with E-state index in [1.807, 2.05) is 0 Å². The summed E-state index contributed by atoms with van der Waals surface area (Å²) in [6.45, 7) is 1.74. The molecule has 1 aromatic carbocycles. The van der Waals surface area contributed by atoms with Gasteiger partial charge in [-0.1, -0.05) is 12.1 Å². The van der Waals surface area contributed by atoms with Crippen LogP contribution in [0.15, 0.2) is 34.7 Å². The lowest BCUT2D eigenvalue weighted by Gasteiger charge is -2.08. The van der Waals surface area contributed by atoms with Gasteiger partial charge in [0, 0.05) is 6.42 Å². The first-order valence-corrected chi connectivity index (χ1v) is 9.67. The first-order chi connectivity index (χ1) is 11.9. The highest BCUT2D eigenvalue weighted by Gasteiger charge is 2.22. The van der Waals surface area contributed by atoms with Crippen molar-refractivity contribution < 1.29 is 22.7 Å². The fourth-order valence-electron chi connectivity index (χ4n) is 1.93. The van der Waals surface area contributed by atoms with Crippen molar-refractivity contribution in [1.29, 1.82) is 0 Å². The molecule has 2 rings (SSSR count). The van der Waals surface area contributed by atoms with E-state index in [1.54, 1.807) is 19.1 Å². The van der Waals surface area contributed by atoms with Crippen LogP contribution in [0, 0.1) is 0 Å². The topological polar surface area (TPSA) is 128 Å². The number of carbonyl (C=O) groups excluding carboxylic acids is 2. The normalized spacial score (nSPS) is 11.1. The Morgan fingerprint density at radius 1 is 1.28 bits per heavy atom. The second-order valence-electron chi connectivity index (χ2n) is 4.92. The van der Waals surface area contributed by atoms with Gasteiger partial charge >= 0.3 is 5.97 Å². The minimum Gasteiger partial charge on any atom is -0.461 e. The van der Waals surface area contributed by atoms with Crippen LogP contribution in [0.25, 0.3) is 0 Å². The molecule has 0 aliphatic carbocycles. The number of nitrogens with two attached hydrogens (primary N) is 1. The largest absolute Gasteiger partial charge is 0.461 e. The van der Waals surface area contributed by atoms with E-state index in [2.05, 4.69) is 9.71 Å². The van der Waals surface area contributed by atoms with E-state index in [0.717, 1.165) is 11.3 Å². The lowest BCUT2D eigenvalue weighted by Crippen LogP contribution is -2.17. The van der Waals surface area contributed by atoms with Crippen LogP contribution < -0.4 is 10.5 Å². The molecule has 0 atom stereocenters. The molecule has 0 bridgehead atoms. The Balaban J connectivity index is 2.18. The molecule has 0 radical (unpaired) electrons. The summed E-state index contributed by atoms with van der Waals surface area (Å²) in [6, 6.07) is 5.85. The van der Waals surface area contributed by atoms with Gasteiger partial charge in [-0.15, -0.1) is 11.3 Å². The standard InChI is InChI=1S/C15H17N3O5S2/c1-2-23-15(20)13-14(24-9-17-13)18-25(21,22)12-5-3-10(4-6-12)7-11(19)8-16/h3-6,9,18H,2,7-8,16H2,1H3. The molecule has 1 aromatic heterocycles. The molecule has 0 saturated carbocycles. The quantitative estimate of drug-likeness (QED) is 0.655. The Hall–Kier alpha value is -2.30. The summed E-state index contributed by atoms with van der Waals surface area (Å²) in [6.07, 6.45) is 0.145. The zero-order valence-corrected chi connectivity index (χ0v) is 15.0. The van der Waals surface area contributed by atoms with Crippen molar-refractivity contribution in [3.63, 3.8) is 0 Å². The molecule has 1 heterocycles. The third-order valence-corrected chi connectivity index (χ3v) is 5.36. The van der Waals surface area contributed by atoms with Crippen molar-refractivity contribution in [1.82, 2.24) is 4.98 Å². The molecule has 25 heavy (non-hydrogen) atoms. The second kappa shape index (κ2) is 8.19. The van der Waals surface area contributed by atoms with E-state index in [0.29, 0.717) is 5.56 Å². The van der Waals surface area contributed by atoms with Gasteiger partial charge in [0.1, 0.15) is 5.00 Å².